The fourth-order valence-corrected chi connectivity index (χ4v) is 2.27. The number of rotatable bonds is 6. The van der Waals surface area contributed by atoms with Gasteiger partial charge in [-0.15, -0.1) is 15.3 Å². The lowest BCUT2D eigenvalue weighted by Crippen LogP contribution is -2.29. The van der Waals surface area contributed by atoms with Crippen LogP contribution in [-0.2, 0) is 0 Å². The molecule has 0 unspecified atom stereocenters. The van der Waals surface area contributed by atoms with Crippen LogP contribution < -0.4 is 9.64 Å². The lowest BCUT2D eigenvalue weighted by atomic mass is 10.3. The van der Waals surface area contributed by atoms with E-state index >= 15 is 0 Å². The minimum absolute atomic E-state index is 0.590. The second kappa shape index (κ2) is 6.79. The molecule has 0 aliphatic carbocycles. The summed E-state index contributed by atoms with van der Waals surface area (Å²) in [6.07, 6.45) is 1.68. The summed E-state index contributed by atoms with van der Waals surface area (Å²) in [5, 5.41) is 13.1. The molecule has 3 aromatic rings. The molecule has 24 heavy (non-hydrogen) atoms. The molecule has 0 amide bonds. The maximum Gasteiger partial charge on any atom is 0.203 e. The van der Waals surface area contributed by atoms with E-state index in [-0.39, 0.29) is 0 Å². The maximum absolute atomic E-state index is 5.25. The van der Waals surface area contributed by atoms with Gasteiger partial charge in [-0.2, -0.15) is 4.52 Å². The van der Waals surface area contributed by atoms with Crippen molar-refractivity contribution >= 4 is 11.5 Å². The Bertz CT molecular complexity index is 830. The molecule has 8 heteroatoms. The molecular weight excluding hydrogens is 306 g/mol. The summed E-state index contributed by atoms with van der Waals surface area (Å²) in [4.78, 5) is 8.59. The van der Waals surface area contributed by atoms with Crippen molar-refractivity contribution < 1.29 is 4.74 Å². The van der Waals surface area contributed by atoms with Gasteiger partial charge in [-0.05, 0) is 32.3 Å². The summed E-state index contributed by atoms with van der Waals surface area (Å²) < 4.78 is 6.96. The van der Waals surface area contributed by atoms with Crippen LogP contribution in [0.2, 0.25) is 0 Å². The van der Waals surface area contributed by atoms with Crippen LogP contribution in [0.4, 0.5) is 5.82 Å². The normalized spacial score (nSPS) is 11.2. The fourth-order valence-electron chi connectivity index (χ4n) is 2.27. The van der Waals surface area contributed by atoms with Crippen molar-refractivity contribution in [3.8, 4) is 17.3 Å². The van der Waals surface area contributed by atoms with Gasteiger partial charge in [0.25, 0.3) is 0 Å². The first-order chi connectivity index (χ1) is 11.6. The van der Waals surface area contributed by atoms with Crippen LogP contribution in [0.5, 0.6) is 5.75 Å². The average molecular weight is 327 g/mol. The summed E-state index contributed by atoms with van der Waals surface area (Å²) in [6, 6.07) is 7.47. The molecule has 0 atom stereocenters. The van der Waals surface area contributed by atoms with E-state index in [1.165, 1.54) is 0 Å². The molecule has 3 heterocycles. The first-order valence-electron chi connectivity index (χ1n) is 7.67. The van der Waals surface area contributed by atoms with Gasteiger partial charge in [-0.25, -0.2) is 0 Å². The van der Waals surface area contributed by atoms with Crippen molar-refractivity contribution in [1.82, 2.24) is 29.7 Å². The van der Waals surface area contributed by atoms with E-state index in [9.17, 15) is 0 Å². The molecule has 8 nitrogen and oxygen atoms in total. The third-order valence-corrected chi connectivity index (χ3v) is 3.72. The molecule has 0 N–H and O–H groups in total. The second-order valence-corrected chi connectivity index (χ2v) is 5.79. The van der Waals surface area contributed by atoms with Crippen LogP contribution >= 0.6 is 0 Å². The van der Waals surface area contributed by atoms with Crippen LogP contribution in [0.1, 0.15) is 0 Å². The zero-order chi connectivity index (χ0) is 17.1. The highest BCUT2D eigenvalue weighted by Gasteiger charge is 2.13. The number of methoxy groups -OCH3 is 1. The van der Waals surface area contributed by atoms with Crippen molar-refractivity contribution in [1.29, 1.82) is 0 Å². The van der Waals surface area contributed by atoms with Crippen LogP contribution in [0, 0.1) is 0 Å². The minimum Gasteiger partial charge on any atom is -0.497 e. The molecule has 126 valence electrons. The Morgan fingerprint density at radius 3 is 2.67 bits per heavy atom. The molecule has 0 spiro atoms. The third-order valence-electron chi connectivity index (χ3n) is 3.72. The van der Waals surface area contributed by atoms with E-state index < -0.39 is 0 Å². The summed E-state index contributed by atoms with van der Waals surface area (Å²) in [6.45, 7) is 1.82. The number of nitrogens with zero attached hydrogens (tertiary/aromatic N) is 7. The number of aromatic nitrogens is 5. The van der Waals surface area contributed by atoms with E-state index in [4.69, 9.17) is 4.74 Å². The number of hydrogen-bond acceptors (Lipinski definition) is 7. The van der Waals surface area contributed by atoms with Crippen molar-refractivity contribution in [3.05, 3.63) is 30.5 Å². The minimum atomic E-state index is 0.590. The van der Waals surface area contributed by atoms with Gasteiger partial charge in [0.2, 0.25) is 5.82 Å². The predicted molar refractivity (Wildman–Crippen MR) is 92.4 cm³/mol. The van der Waals surface area contributed by atoms with Crippen molar-refractivity contribution in [3.63, 3.8) is 0 Å². The molecule has 0 aliphatic rings. The summed E-state index contributed by atoms with van der Waals surface area (Å²) in [5.41, 5.74) is 1.35. The lowest BCUT2D eigenvalue weighted by Gasteiger charge is -2.20. The third kappa shape index (κ3) is 3.28. The van der Waals surface area contributed by atoms with E-state index in [1.54, 1.807) is 23.9 Å². The zero-order valence-corrected chi connectivity index (χ0v) is 14.3. The number of anilines is 1. The SMILES string of the molecule is COc1ccnc(-c2nnc3ccc(N(C)CCN(C)C)nn23)c1. The monoisotopic (exact) mass is 327 g/mol. The Hall–Kier alpha value is -2.74. The Labute approximate surface area is 140 Å². The molecule has 0 radical (unpaired) electrons. The first kappa shape index (κ1) is 16.1. The van der Waals surface area contributed by atoms with Gasteiger partial charge in [-0.1, -0.05) is 0 Å². The van der Waals surface area contributed by atoms with Crippen molar-refractivity contribution in [2.75, 3.05) is 46.2 Å². The molecule has 3 rings (SSSR count). The number of fused-ring (bicyclic) bond motifs is 1. The Kier molecular flexibility index (Phi) is 4.57. The van der Waals surface area contributed by atoms with E-state index in [0.717, 1.165) is 24.7 Å². The number of ether oxygens (including phenoxy) is 1. The molecule has 0 aromatic carbocycles. The van der Waals surface area contributed by atoms with E-state index in [0.29, 0.717) is 17.2 Å². The van der Waals surface area contributed by atoms with Crippen LogP contribution in [-0.4, -0.2) is 71.0 Å². The highest BCUT2D eigenvalue weighted by atomic mass is 16.5. The number of likely N-dealkylation sites (N-methyl/N-ethyl adjacent to an activating group) is 2. The second-order valence-electron chi connectivity index (χ2n) is 5.79. The Morgan fingerprint density at radius 1 is 1.08 bits per heavy atom. The van der Waals surface area contributed by atoms with Crippen LogP contribution in [0.15, 0.2) is 30.5 Å². The van der Waals surface area contributed by atoms with Crippen molar-refractivity contribution in [2.45, 2.75) is 0 Å². The van der Waals surface area contributed by atoms with E-state index in [1.807, 2.05) is 25.2 Å². The average Bonchev–Trinajstić information content (AvgIpc) is 3.02. The standard InChI is InChI=1S/C16H21N7O/c1-21(2)9-10-22(3)15-6-5-14-18-19-16(23(14)20-15)13-11-12(24-4)7-8-17-13/h5-8,11H,9-10H2,1-4H3. The topological polar surface area (TPSA) is 71.7 Å². The van der Waals surface area contributed by atoms with Crippen LogP contribution in [0.3, 0.4) is 0 Å². The summed E-state index contributed by atoms with van der Waals surface area (Å²) in [5.74, 6) is 2.16. The van der Waals surface area contributed by atoms with Gasteiger partial charge in [0, 0.05) is 32.4 Å². The molecular formula is C16H21N7O. The van der Waals surface area contributed by atoms with Crippen LogP contribution in [0.25, 0.3) is 17.2 Å². The highest BCUT2D eigenvalue weighted by molar-refractivity contribution is 5.57. The highest BCUT2D eigenvalue weighted by Crippen LogP contribution is 2.21. The predicted octanol–water partition coefficient (Wildman–Crippen LogP) is 1.19. The molecule has 0 saturated heterocycles. The summed E-state index contributed by atoms with van der Waals surface area (Å²) >= 11 is 0. The molecule has 0 bridgehead atoms. The largest absolute Gasteiger partial charge is 0.497 e. The van der Waals surface area contributed by atoms with Gasteiger partial charge >= 0.3 is 0 Å². The number of hydrogen-bond donors (Lipinski definition) is 0. The van der Waals surface area contributed by atoms with Gasteiger partial charge in [0.15, 0.2) is 5.65 Å². The first-order valence-corrected chi connectivity index (χ1v) is 7.67. The van der Waals surface area contributed by atoms with Gasteiger partial charge in [-0.3, -0.25) is 4.98 Å². The van der Waals surface area contributed by atoms with Gasteiger partial charge in [0.1, 0.15) is 17.3 Å². The number of pyridine rings is 1. The molecule has 3 aromatic heterocycles. The molecule has 0 aliphatic heterocycles. The molecule has 0 fully saturated rings. The van der Waals surface area contributed by atoms with Gasteiger partial charge < -0.3 is 14.5 Å². The smallest absolute Gasteiger partial charge is 0.203 e. The Balaban J connectivity index is 1.96. The zero-order valence-electron chi connectivity index (χ0n) is 14.3. The Morgan fingerprint density at radius 2 is 1.92 bits per heavy atom. The maximum atomic E-state index is 5.25. The molecule has 0 saturated carbocycles. The van der Waals surface area contributed by atoms with Gasteiger partial charge in [0.05, 0.1) is 7.11 Å². The summed E-state index contributed by atoms with van der Waals surface area (Å²) in [7, 11) is 7.75. The van der Waals surface area contributed by atoms with Crippen molar-refractivity contribution in [2.24, 2.45) is 0 Å². The lowest BCUT2D eigenvalue weighted by molar-refractivity contribution is 0.414. The fraction of sp³-hybridized carbons (Fsp3) is 0.375. The van der Waals surface area contributed by atoms with E-state index in [2.05, 4.69) is 44.2 Å². The quantitative estimate of drug-likeness (QED) is 0.673.